The number of thiazole rings is 1. The molecule has 0 spiro atoms. The van der Waals surface area contributed by atoms with E-state index in [2.05, 4.69) is 10.3 Å². The lowest BCUT2D eigenvalue weighted by Gasteiger charge is -2.11. The van der Waals surface area contributed by atoms with E-state index in [0.717, 1.165) is 9.88 Å². The summed E-state index contributed by atoms with van der Waals surface area (Å²) in [5.41, 5.74) is 5.25. The van der Waals surface area contributed by atoms with Crippen LogP contribution in [-0.2, 0) is 4.79 Å². The summed E-state index contributed by atoms with van der Waals surface area (Å²) in [7, 11) is 0. The van der Waals surface area contributed by atoms with Gasteiger partial charge in [0.25, 0.3) is 5.91 Å². The fourth-order valence-corrected chi connectivity index (χ4v) is 1.99. The molecule has 0 saturated heterocycles. The van der Waals surface area contributed by atoms with Gasteiger partial charge in [-0.3, -0.25) is 9.59 Å². The van der Waals surface area contributed by atoms with Crippen molar-refractivity contribution >= 4 is 23.2 Å². The number of hydrogen-bond donors (Lipinski definition) is 3. The first-order valence-electron chi connectivity index (χ1n) is 4.60. The van der Waals surface area contributed by atoms with Crippen LogP contribution in [0.3, 0.4) is 0 Å². The van der Waals surface area contributed by atoms with Crippen molar-refractivity contribution in [2.24, 2.45) is 5.73 Å². The molecule has 0 aliphatic heterocycles. The van der Waals surface area contributed by atoms with E-state index in [1.54, 1.807) is 13.8 Å². The molecule has 16 heavy (non-hydrogen) atoms. The number of rotatable bonds is 4. The third kappa shape index (κ3) is 2.77. The van der Waals surface area contributed by atoms with Gasteiger partial charge in [0.2, 0.25) is 5.91 Å². The van der Waals surface area contributed by atoms with Crippen LogP contribution < -0.4 is 11.1 Å². The van der Waals surface area contributed by atoms with Gasteiger partial charge in [0.1, 0.15) is 11.7 Å². The Hall–Kier alpha value is -1.47. The van der Waals surface area contributed by atoms with E-state index in [1.165, 1.54) is 11.3 Å². The lowest BCUT2D eigenvalue weighted by molar-refractivity contribution is -0.120. The number of aliphatic hydroxyl groups excluding tert-OH is 1. The second-order valence-corrected chi connectivity index (χ2v) is 4.66. The van der Waals surface area contributed by atoms with Crippen molar-refractivity contribution in [3.8, 4) is 0 Å². The molecule has 0 aliphatic rings. The normalized spacial score (nSPS) is 12.2. The van der Waals surface area contributed by atoms with Crippen molar-refractivity contribution in [2.75, 3.05) is 6.61 Å². The molecule has 0 fully saturated rings. The van der Waals surface area contributed by atoms with Crippen molar-refractivity contribution in [3.63, 3.8) is 0 Å². The fourth-order valence-electron chi connectivity index (χ4n) is 1.17. The number of carbonyl (C=O) groups is 2. The second kappa shape index (κ2) is 5.04. The van der Waals surface area contributed by atoms with E-state index in [4.69, 9.17) is 10.8 Å². The Balaban J connectivity index is 2.79. The quantitative estimate of drug-likeness (QED) is 0.652. The van der Waals surface area contributed by atoms with Crippen LogP contribution in [0.1, 0.15) is 20.4 Å². The van der Waals surface area contributed by atoms with E-state index < -0.39 is 24.5 Å². The number of aliphatic hydroxyl groups is 1. The number of amides is 2. The zero-order chi connectivity index (χ0) is 12.3. The molecular formula is C9H13N3O3S. The average Bonchev–Trinajstić information content (AvgIpc) is 2.53. The Bertz CT molecular complexity index is 416. The molecule has 0 aromatic carbocycles. The number of nitrogens with one attached hydrogen (secondary N) is 1. The summed E-state index contributed by atoms with van der Waals surface area (Å²) >= 11 is 1.39. The van der Waals surface area contributed by atoms with Gasteiger partial charge in [-0.25, -0.2) is 4.98 Å². The van der Waals surface area contributed by atoms with Crippen LogP contribution >= 0.6 is 11.3 Å². The van der Waals surface area contributed by atoms with Crippen LogP contribution in [0, 0.1) is 13.8 Å². The van der Waals surface area contributed by atoms with E-state index in [1.807, 2.05) is 0 Å². The summed E-state index contributed by atoms with van der Waals surface area (Å²) in [5.74, 6) is -1.28. The third-order valence-electron chi connectivity index (χ3n) is 1.95. The molecule has 0 unspecified atom stereocenters. The van der Waals surface area contributed by atoms with Crippen LogP contribution in [0.4, 0.5) is 0 Å². The highest BCUT2D eigenvalue weighted by Gasteiger charge is 2.20. The highest BCUT2D eigenvalue weighted by molar-refractivity contribution is 7.11. The number of aryl methyl sites for hydroxylation is 2. The molecule has 0 radical (unpaired) electrons. The average molecular weight is 243 g/mol. The fraction of sp³-hybridized carbons (Fsp3) is 0.444. The maximum absolute atomic E-state index is 11.7. The highest BCUT2D eigenvalue weighted by atomic mass is 32.1. The maximum atomic E-state index is 11.7. The minimum absolute atomic E-state index is 0.266. The molecule has 1 heterocycles. The zero-order valence-electron chi connectivity index (χ0n) is 8.98. The Kier molecular flexibility index (Phi) is 3.97. The molecular weight excluding hydrogens is 230 g/mol. The van der Waals surface area contributed by atoms with Crippen LogP contribution in [-0.4, -0.2) is 34.6 Å². The van der Waals surface area contributed by atoms with Gasteiger partial charge in [0, 0.05) is 4.88 Å². The van der Waals surface area contributed by atoms with Gasteiger partial charge in [-0.2, -0.15) is 0 Å². The van der Waals surface area contributed by atoms with Crippen LogP contribution in [0.25, 0.3) is 0 Å². The minimum Gasteiger partial charge on any atom is -0.394 e. The first-order valence-corrected chi connectivity index (χ1v) is 5.42. The standard InChI is InChI=1S/C9H13N3O3S/c1-4-7(11-5(2)16-4)9(15)12-6(3-13)8(10)14/h6,13H,3H2,1-2H3,(H2,10,14)(H,12,15)/t6-/m0/s1. The van der Waals surface area contributed by atoms with Gasteiger partial charge in [-0.15, -0.1) is 11.3 Å². The lowest BCUT2D eigenvalue weighted by atomic mass is 10.2. The van der Waals surface area contributed by atoms with Gasteiger partial charge in [-0.1, -0.05) is 0 Å². The monoisotopic (exact) mass is 243 g/mol. The number of nitrogens with two attached hydrogens (primary N) is 1. The summed E-state index contributed by atoms with van der Waals surface area (Å²) in [6.45, 7) is 3.02. The van der Waals surface area contributed by atoms with Crippen molar-refractivity contribution in [2.45, 2.75) is 19.9 Å². The molecule has 2 amide bonds. The summed E-state index contributed by atoms with van der Waals surface area (Å²) < 4.78 is 0. The van der Waals surface area contributed by atoms with Crippen LogP contribution in [0.5, 0.6) is 0 Å². The van der Waals surface area contributed by atoms with Gasteiger partial charge >= 0.3 is 0 Å². The van der Waals surface area contributed by atoms with Crippen LogP contribution in [0.15, 0.2) is 0 Å². The van der Waals surface area contributed by atoms with E-state index >= 15 is 0 Å². The molecule has 1 rings (SSSR count). The van der Waals surface area contributed by atoms with Gasteiger partial charge < -0.3 is 16.2 Å². The molecule has 7 heteroatoms. The number of aromatic nitrogens is 1. The lowest BCUT2D eigenvalue weighted by Crippen LogP contribution is -2.47. The van der Waals surface area contributed by atoms with Crippen molar-refractivity contribution in [1.82, 2.24) is 10.3 Å². The molecule has 1 aromatic heterocycles. The number of hydrogen-bond acceptors (Lipinski definition) is 5. The number of primary amides is 1. The Morgan fingerprint density at radius 3 is 2.56 bits per heavy atom. The number of nitrogens with zero attached hydrogens (tertiary/aromatic N) is 1. The molecule has 1 aromatic rings. The largest absolute Gasteiger partial charge is 0.394 e. The Labute approximate surface area is 96.5 Å². The van der Waals surface area contributed by atoms with E-state index in [9.17, 15) is 9.59 Å². The minimum atomic E-state index is -1.08. The molecule has 1 atom stereocenters. The number of carbonyl (C=O) groups excluding carboxylic acids is 2. The Morgan fingerprint density at radius 1 is 1.56 bits per heavy atom. The summed E-state index contributed by atoms with van der Waals surface area (Å²) in [6.07, 6.45) is 0. The van der Waals surface area contributed by atoms with Crippen molar-refractivity contribution < 1.29 is 14.7 Å². The maximum Gasteiger partial charge on any atom is 0.271 e. The molecule has 0 aliphatic carbocycles. The smallest absolute Gasteiger partial charge is 0.271 e. The van der Waals surface area contributed by atoms with E-state index in [-0.39, 0.29) is 5.69 Å². The predicted molar refractivity (Wildman–Crippen MR) is 59.1 cm³/mol. The van der Waals surface area contributed by atoms with Gasteiger partial charge in [0.15, 0.2) is 0 Å². The first kappa shape index (κ1) is 12.6. The summed E-state index contributed by atoms with van der Waals surface area (Å²) in [5, 5.41) is 11.9. The third-order valence-corrected chi connectivity index (χ3v) is 2.84. The molecule has 88 valence electrons. The second-order valence-electron chi connectivity index (χ2n) is 3.25. The van der Waals surface area contributed by atoms with Gasteiger partial charge in [0.05, 0.1) is 11.6 Å². The molecule has 4 N–H and O–H groups in total. The highest BCUT2D eigenvalue weighted by Crippen LogP contribution is 2.16. The topological polar surface area (TPSA) is 105 Å². The van der Waals surface area contributed by atoms with Crippen LogP contribution in [0.2, 0.25) is 0 Å². The Morgan fingerprint density at radius 2 is 2.19 bits per heavy atom. The SMILES string of the molecule is Cc1nc(C(=O)N[C@@H](CO)C(N)=O)c(C)s1. The predicted octanol–water partition coefficient (Wildman–Crippen LogP) is -0.664. The molecule has 6 nitrogen and oxygen atoms in total. The summed E-state index contributed by atoms with van der Waals surface area (Å²) in [4.78, 5) is 27.3. The molecule has 0 saturated carbocycles. The first-order chi connectivity index (χ1) is 7.45. The molecule has 0 bridgehead atoms. The summed E-state index contributed by atoms with van der Waals surface area (Å²) in [6, 6.07) is -1.08. The van der Waals surface area contributed by atoms with Crippen molar-refractivity contribution in [3.05, 3.63) is 15.6 Å². The van der Waals surface area contributed by atoms with Gasteiger partial charge in [-0.05, 0) is 13.8 Å². The van der Waals surface area contributed by atoms with Crippen molar-refractivity contribution in [1.29, 1.82) is 0 Å². The zero-order valence-corrected chi connectivity index (χ0v) is 9.80. The van der Waals surface area contributed by atoms with E-state index in [0.29, 0.717) is 0 Å².